The number of fused-ring (bicyclic) bond motifs is 18. The van der Waals surface area contributed by atoms with E-state index in [0.717, 1.165) is 167 Å². The average molecular weight is 2310 g/mol. The Morgan fingerprint density at radius 1 is 0.270 bits per heavy atom. The van der Waals surface area contributed by atoms with Gasteiger partial charge in [0.1, 0.15) is 0 Å². The van der Waals surface area contributed by atoms with E-state index in [4.69, 9.17) is 29.2 Å². The van der Waals surface area contributed by atoms with Crippen molar-refractivity contribution >= 4 is 133 Å². The monoisotopic (exact) mass is 2310 g/mol. The molecule has 0 amide bonds. The molecule has 0 radical (unpaired) electrons. The first-order valence-electron chi connectivity index (χ1n) is 44.5. The van der Waals surface area contributed by atoms with Crippen LogP contribution in [0.2, 0.25) is 0 Å². The standard InChI is InChI=1S/C41H30N4O.2C39H26N4O.3Pt/c1-28(2)33-17-6-7-18-35(33)39-27-43-41-37-26-31(22-23-34(37)36-19-8-9-20-38(36)45(39)41)44(29-13-4-3-5-14-29)30-15-12-16-32(25-30)46-40-21-10-11-24-42-40;1-27-21-22-40-38(23-27)44-32-16-10-15-30(24-32)42(29-13-6-3-7-14-29)31-19-20-33-34-17-8-9-18-36(34)43-37(28-11-4-2-5-12-28)26-41-39(43)35(33)25-31;1-27-12-5-6-17-32(27)37-26-41-39-35-25-30(21-22-33(35)34-18-7-8-19-36(34)43(37)39)42(28-13-3-2-4-14-28)29-15-11-16-31(24-29)44-38-20-9-10-23-40-38;;;/h3-24,27-28H,1-2H3;2*2-23,26H,1H3;;;/q3*-2;3*+2. The van der Waals surface area contributed by atoms with Gasteiger partial charge in [-0.15, -0.1) is 109 Å². The number of para-hydroxylation sites is 6. The minimum atomic E-state index is 0. The minimum absolute atomic E-state index is 0. The molecule has 18 heteroatoms. The van der Waals surface area contributed by atoms with Crippen LogP contribution in [0.25, 0.3) is 116 Å². The molecular weight excluding hydrogens is 2230 g/mol. The summed E-state index contributed by atoms with van der Waals surface area (Å²) < 4.78 is 25.1. The molecule has 0 saturated heterocycles. The number of hydrogen-bond donors (Lipinski definition) is 0. The summed E-state index contributed by atoms with van der Waals surface area (Å²) in [4.78, 5) is 34.5. The molecule has 0 N–H and O–H groups in total. The predicted molar refractivity (Wildman–Crippen MR) is 540 cm³/mol. The summed E-state index contributed by atoms with van der Waals surface area (Å²) in [6.45, 7) is 8.63. The number of nitrogens with zero attached hydrogens (tertiary/aromatic N) is 12. The SMILES string of the molecule is CC(C)c1ccccc1-c1cnc2c3[c-]c(N(c4[c-]c(Oc5ccccn5)ccc4)c4ccccc4)ccc3c3ccccc3n12.Cc1ccccc1-c1cnc2c3[c-]c(N(c4[c-]c(Oc5ccccn5)ccc4)c4ccccc4)ccc3c3ccccc3n12.Cc1ccnc(Oc2[c-]c(N(c3[c-]c4c(cc3)c3ccccc3n3c(-c5ccccc5)cnc43)c3ccccc3)ccc2)c1.[Pt+2].[Pt+2].[Pt+2]. The Labute approximate surface area is 836 Å². The number of anilines is 9. The van der Waals surface area contributed by atoms with Gasteiger partial charge in [0, 0.05) is 117 Å². The molecule has 0 spiro atoms. The molecule has 24 rings (SSSR count). The molecule has 15 nitrogen and oxygen atoms in total. The zero-order valence-corrected chi connectivity index (χ0v) is 81.3. The smallest absolute Gasteiger partial charge is 0.466 e. The van der Waals surface area contributed by atoms with Crippen molar-refractivity contribution in [3.63, 3.8) is 0 Å². The molecule has 0 bridgehead atoms. The second-order valence-electron chi connectivity index (χ2n) is 32.8. The first kappa shape index (κ1) is 90.4. The van der Waals surface area contributed by atoms with Crippen LogP contribution in [-0.4, -0.2) is 43.1 Å². The van der Waals surface area contributed by atoms with Gasteiger partial charge in [0.15, 0.2) is 0 Å². The van der Waals surface area contributed by atoms with E-state index in [0.29, 0.717) is 40.8 Å². The van der Waals surface area contributed by atoms with Crippen molar-refractivity contribution in [3.05, 3.63) is 472 Å². The number of aromatic nitrogens is 9. The van der Waals surface area contributed by atoms with Crippen molar-refractivity contribution in [3.8, 4) is 68.7 Å². The summed E-state index contributed by atoms with van der Waals surface area (Å²) in [5, 5.41) is 9.59. The van der Waals surface area contributed by atoms with Crippen LogP contribution in [0.1, 0.15) is 36.5 Å². The maximum atomic E-state index is 6.13. The summed E-state index contributed by atoms with van der Waals surface area (Å²) >= 11 is 0. The molecule has 0 aliphatic rings. The fraction of sp³-hybridized carbons (Fsp3) is 0.0420. The molecule has 0 aliphatic carbocycles. The van der Waals surface area contributed by atoms with Crippen LogP contribution >= 0.6 is 0 Å². The molecular formula is C119H82N12O3Pt3. The van der Waals surface area contributed by atoms with E-state index in [1.54, 1.807) is 18.6 Å². The largest absolute Gasteiger partial charge is 2.00 e. The number of benzene rings is 15. The van der Waals surface area contributed by atoms with Gasteiger partial charge in [-0.05, 0) is 148 Å². The van der Waals surface area contributed by atoms with Gasteiger partial charge in [0.05, 0.1) is 34.0 Å². The van der Waals surface area contributed by atoms with Gasteiger partial charge in [0.2, 0.25) is 17.6 Å². The molecule has 0 saturated carbocycles. The number of pyridine rings is 6. The quantitative estimate of drug-likeness (QED) is 0.0565. The van der Waals surface area contributed by atoms with E-state index in [2.05, 4.69) is 318 Å². The van der Waals surface area contributed by atoms with Crippen LogP contribution in [0, 0.1) is 50.2 Å². The average Bonchev–Trinajstić information content (AvgIpc) is 1.64. The number of rotatable bonds is 19. The Hall–Kier alpha value is -15.8. The van der Waals surface area contributed by atoms with Gasteiger partial charge < -0.3 is 42.1 Å². The molecule has 9 aromatic heterocycles. The Morgan fingerprint density at radius 2 is 0.613 bits per heavy atom. The van der Waals surface area contributed by atoms with Gasteiger partial charge in [-0.25, -0.2) is 15.0 Å². The van der Waals surface area contributed by atoms with Crippen LogP contribution in [0.3, 0.4) is 0 Å². The summed E-state index contributed by atoms with van der Waals surface area (Å²) in [6, 6.07) is 151. The van der Waals surface area contributed by atoms with Crippen molar-refractivity contribution < 1.29 is 77.4 Å². The molecule has 0 fully saturated rings. The van der Waals surface area contributed by atoms with Crippen LogP contribution in [-0.2, 0) is 63.2 Å². The van der Waals surface area contributed by atoms with Crippen molar-refractivity contribution in [1.82, 2.24) is 43.1 Å². The van der Waals surface area contributed by atoms with Gasteiger partial charge in [0.25, 0.3) is 0 Å². The van der Waals surface area contributed by atoms with Gasteiger partial charge in [-0.3, -0.25) is 15.0 Å². The van der Waals surface area contributed by atoms with E-state index >= 15 is 0 Å². The first-order chi connectivity index (χ1) is 66.1. The van der Waals surface area contributed by atoms with E-state index in [1.807, 2.05) is 189 Å². The number of imidazole rings is 3. The normalized spacial score (nSPS) is 11.1. The summed E-state index contributed by atoms with van der Waals surface area (Å²) in [6.07, 6.45) is 11.1. The maximum absolute atomic E-state index is 6.13. The molecule has 0 unspecified atom stereocenters. The summed E-state index contributed by atoms with van der Waals surface area (Å²) in [7, 11) is 0. The molecule has 137 heavy (non-hydrogen) atoms. The van der Waals surface area contributed by atoms with Crippen LogP contribution in [0.4, 0.5) is 51.2 Å². The zero-order chi connectivity index (χ0) is 90.0. The third-order valence-corrected chi connectivity index (χ3v) is 24.0. The molecule has 666 valence electrons. The van der Waals surface area contributed by atoms with Crippen LogP contribution < -0.4 is 28.9 Å². The van der Waals surface area contributed by atoms with Gasteiger partial charge in [-0.2, -0.15) is 18.2 Å². The van der Waals surface area contributed by atoms with Crippen molar-refractivity contribution in [2.24, 2.45) is 0 Å². The van der Waals surface area contributed by atoms with E-state index in [9.17, 15) is 0 Å². The topological polar surface area (TPSA) is 128 Å². The fourth-order valence-electron chi connectivity index (χ4n) is 17.9. The van der Waals surface area contributed by atoms with Gasteiger partial charge >= 0.3 is 63.2 Å². The number of aryl methyl sites for hydroxylation is 2. The fourth-order valence-corrected chi connectivity index (χ4v) is 17.9. The Balaban J connectivity index is 0.000000130. The maximum Gasteiger partial charge on any atom is 2.00 e. The third-order valence-electron chi connectivity index (χ3n) is 24.0. The minimum Gasteiger partial charge on any atom is -0.466 e. The molecule has 0 atom stereocenters. The Kier molecular flexibility index (Phi) is 26.5. The van der Waals surface area contributed by atoms with Crippen molar-refractivity contribution in [1.29, 1.82) is 0 Å². The Bertz CT molecular complexity index is 8470. The van der Waals surface area contributed by atoms with Crippen molar-refractivity contribution in [2.45, 2.75) is 33.6 Å². The number of hydrogen-bond acceptors (Lipinski definition) is 12. The Morgan fingerprint density at radius 3 is 1.02 bits per heavy atom. The van der Waals surface area contributed by atoms with Crippen molar-refractivity contribution in [2.75, 3.05) is 14.7 Å². The van der Waals surface area contributed by atoms with E-state index < -0.39 is 0 Å². The summed E-state index contributed by atoms with van der Waals surface area (Å²) in [5.74, 6) is 3.67. The molecule has 9 heterocycles. The first-order valence-corrected chi connectivity index (χ1v) is 44.5. The van der Waals surface area contributed by atoms with E-state index in [1.165, 1.54) is 16.7 Å². The third kappa shape index (κ3) is 18.0. The van der Waals surface area contributed by atoms with Crippen LogP contribution in [0.5, 0.6) is 34.9 Å². The zero-order valence-electron chi connectivity index (χ0n) is 74.5. The second kappa shape index (κ2) is 40.2. The molecule has 24 aromatic rings. The summed E-state index contributed by atoms with van der Waals surface area (Å²) in [5.41, 5.74) is 24.2. The molecule has 0 aliphatic heterocycles. The second-order valence-corrected chi connectivity index (χ2v) is 32.8. The number of ether oxygens (including phenoxy) is 3. The molecule has 15 aromatic carbocycles. The van der Waals surface area contributed by atoms with E-state index in [-0.39, 0.29) is 63.2 Å². The van der Waals surface area contributed by atoms with Gasteiger partial charge in [-0.1, -0.05) is 263 Å². The predicted octanol–water partition coefficient (Wildman–Crippen LogP) is 30.4. The van der Waals surface area contributed by atoms with Crippen LogP contribution in [0.15, 0.2) is 419 Å².